The van der Waals surface area contributed by atoms with Crippen molar-refractivity contribution in [1.82, 2.24) is 15.1 Å². The molecule has 24 heavy (non-hydrogen) atoms. The van der Waals surface area contributed by atoms with Crippen molar-refractivity contribution in [3.63, 3.8) is 0 Å². The Bertz CT molecular complexity index is 442. The SMILES string of the molecule is CCNC(=NCC(=O)N1CCCC1)N1CCC2(CCCCC2)C1.I. The summed E-state index contributed by atoms with van der Waals surface area (Å²) in [4.78, 5) is 21.2. The molecule has 2 aliphatic heterocycles. The lowest BCUT2D eigenvalue weighted by Crippen LogP contribution is -2.42. The average molecular weight is 448 g/mol. The Morgan fingerprint density at radius 1 is 1.00 bits per heavy atom. The van der Waals surface area contributed by atoms with Crippen molar-refractivity contribution in [2.45, 2.75) is 58.3 Å². The first-order valence-electron chi connectivity index (χ1n) is 9.53. The van der Waals surface area contributed by atoms with Crippen LogP contribution >= 0.6 is 24.0 Å². The number of carbonyl (C=O) groups excluding carboxylic acids is 1. The van der Waals surface area contributed by atoms with E-state index in [0.717, 1.165) is 51.5 Å². The number of likely N-dealkylation sites (tertiary alicyclic amines) is 2. The van der Waals surface area contributed by atoms with E-state index in [1.54, 1.807) is 0 Å². The number of hydrogen-bond acceptors (Lipinski definition) is 2. The molecule has 5 nitrogen and oxygen atoms in total. The highest BCUT2D eigenvalue weighted by Gasteiger charge is 2.39. The van der Waals surface area contributed by atoms with Crippen LogP contribution in [0, 0.1) is 5.41 Å². The van der Waals surface area contributed by atoms with Gasteiger partial charge in [0.25, 0.3) is 0 Å². The smallest absolute Gasteiger partial charge is 0.244 e. The van der Waals surface area contributed by atoms with Crippen LogP contribution in [0.15, 0.2) is 4.99 Å². The molecule has 1 N–H and O–H groups in total. The van der Waals surface area contributed by atoms with Gasteiger partial charge in [-0.1, -0.05) is 19.3 Å². The third kappa shape index (κ3) is 4.76. The van der Waals surface area contributed by atoms with E-state index in [2.05, 4.69) is 22.1 Å². The molecule has 0 unspecified atom stereocenters. The summed E-state index contributed by atoms with van der Waals surface area (Å²) in [6.07, 6.45) is 10.5. The average Bonchev–Trinajstić information content (AvgIpc) is 3.23. The fraction of sp³-hybridized carbons (Fsp3) is 0.889. The molecule has 0 aromatic carbocycles. The van der Waals surface area contributed by atoms with Crippen molar-refractivity contribution in [1.29, 1.82) is 0 Å². The van der Waals surface area contributed by atoms with Crippen molar-refractivity contribution >= 4 is 35.8 Å². The molecule has 0 atom stereocenters. The van der Waals surface area contributed by atoms with Gasteiger partial charge in [0.1, 0.15) is 6.54 Å². The number of nitrogens with zero attached hydrogens (tertiary/aromatic N) is 3. The van der Waals surface area contributed by atoms with Crippen molar-refractivity contribution in [2.75, 3.05) is 39.3 Å². The number of hydrogen-bond donors (Lipinski definition) is 1. The van der Waals surface area contributed by atoms with Gasteiger partial charge in [0.15, 0.2) is 5.96 Å². The van der Waals surface area contributed by atoms with Gasteiger partial charge in [-0.3, -0.25) is 4.79 Å². The summed E-state index contributed by atoms with van der Waals surface area (Å²) in [5.74, 6) is 1.13. The molecule has 6 heteroatoms. The Kier molecular flexibility index (Phi) is 7.62. The maximum Gasteiger partial charge on any atom is 0.244 e. The maximum absolute atomic E-state index is 12.2. The lowest BCUT2D eigenvalue weighted by atomic mass is 9.73. The zero-order valence-electron chi connectivity index (χ0n) is 15.1. The van der Waals surface area contributed by atoms with Crippen LogP contribution in [-0.2, 0) is 4.79 Å². The second kappa shape index (κ2) is 9.25. The van der Waals surface area contributed by atoms with Gasteiger partial charge in [-0.15, -0.1) is 24.0 Å². The molecule has 0 radical (unpaired) electrons. The van der Waals surface area contributed by atoms with E-state index in [9.17, 15) is 4.79 Å². The fourth-order valence-electron chi connectivity index (χ4n) is 4.46. The normalized spacial score (nSPS) is 23.5. The molecule has 1 amide bonds. The third-order valence-corrected chi connectivity index (χ3v) is 5.81. The molecule has 0 aromatic rings. The Morgan fingerprint density at radius 3 is 2.38 bits per heavy atom. The van der Waals surface area contributed by atoms with Crippen molar-refractivity contribution in [3.05, 3.63) is 0 Å². The van der Waals surface area contributed by atoms with Crippen LogP contribution in [0.5, 0.6) is 0 Å². The van der Waals surface area contributed by atoms with Gasteiger partial charge in [-0.05, 0) is 44.4 Å². The number of nitrogens with one attached hydrogen (secondary N) is 1. The first-order valence-corrected chi connectivity index (χ1v) is 9.53. The second-order valence-electron chi connectivity index (χ2n) is 7.49. The van der Waals surface area contributed by atoms with E-state index in [4.69, 9.17) is 0 Å². The second-order valence-corrected chi connectivity index (χ2v) is 7.49. The van der Waals surface area contributed by atoms with Crippen LogP contribution in [-0.4, -0.2) is 60.9 Å². The van der Waals surface area contributed by atoms with Crippen LogP contribution in [0.3, 0.4) is 0 Å². The van der Waals surface area contributed by atoms with Crippen molar-refractivity contribution < 1.29 is 4.79 Å². The summed E-state index contributed by atoms with van der Waals surface area (Å²) in [6.45, 7) is 7.30. The quantitative estimate of drug-likeness (QED) is 0.411. The molecule has 138 valence electrons. The summed E-state index contributed by atoms with van der Waals surface area (Å²) in [7, 11) is 0. The van der Waals surface area contributed by atoms with Crippen molar-refractivity contribution in [2.24, 2.45) is 10.4 Å². The summed E-state index contributed by atoms with van der Waals surface area (Å²) >= 11 is 0. The summed E-state index contributed by atoms with van der Waals surface area (Å²) in [5, 5.41) is 3.40. The molecule has 0 aromatic heterocycles. The molecule has 2 saturated heterocycles. The van der Waals surface area contributed by atoms with E-state index in [-0.39, 0.29) is 29.9 Å². The Hall–Kier alpha value is -0.530. The van der Waals surface area contributed by atoms with Gasteiger partial charge < -0.3 is 15.1 Å². The van der Waals surface area contributed by atoms with Gasteiger partial charge >= 0.3 is 0 Å². The molecule has 2 heterocycles. The van der Waals surface area contributed by atoms with Gasteiger partial charge in [-0.2, -0.15) is 0 Å². The standard InChI is InChI=1S/C18H32N4O.HI/c1-2-19-17(20-14-16(23)21-11-6-7-12-21)22-13-10-18(15-22)8-4-3-5-9-18;/h2-15H2,1H3,(H,19,20);1H. The number of halogens is 1. The number of rotatable bonds is 3. The summed E-state index contributed by atoms with van der Waals surface area (Å²) < 4.78 is 0. The van der Waals surface area contributed by atoms with Crippen molar-refractivity contribution in [3.8, 4) is 0 Å². The molecular weight excluding hydrogens is 415 g/mol. The van der Waals surface area contributed by atoms with Crippen LogP contribution < -0.4 is 5.32 Å². The highest BCUT2D eigenvalue weighted by Crippen LogP contribution is 2.43. The molecular formula is C18H33IN4O. The molecule has 0 bridgehead atoms. The number of aliphatic imine (C=N–C) groups is 1. The molecule has 1 saturated carbocycles. The molecule has 3 fully saturated rings. The summed E-state index contributed by atoms with van der Waals surface area (Å²) in [5.41, 5.74) is 0.521. The largest absolute Gasteiger partial charge is 0.357 e. The fourth-order valence-corrected chi connectivity index (χ4v) is 4.46. The van der Waals surface area contributed by atoms with E-state index in [1.807, 2.05) is 4.90 Å². The van der Waals surface area contributed by atoms with Crippen LogP contribution in [0.1, 0.15) is 58.3 Å². The monoisotopic (exact) mass is 448 g/mol. The number of carbonyl (C=O) groups is 1. The zero-order valence-corrected chi connectivity index (χ0v) is 17.4. The van der Waals surface area contributed by atoms with Gasteiger partial charge in [-0.25, -0.2) is 4.99 Å². The summed E-state index contributed by atoms with van der Waals surface area (Å²) in [6, 6.07) is 0. The van der Waals surface area contributed by atoms with Gasteiger partial charge in [0.2, 0.25) is 5.91 Å². The Morgan fingerprint density at radius 2 is 1.71 bits per heavy atom. The van der Waals surface area contributed by atoms with Gasteiger partial charge in [0.05, 0.1) is 0 Å². The van der Waals surface area contributed by atoms with E-state index in [0.29, 0.717) is 12.0 Å². The molecule has 1 spiro atoms. The lowest BCUT2D eigenvalue weighted by molar-refractivity contribution is -0.128. The first-order chi connectivity index (χ1) is 11.2. The highest BCUT2D eigenvalue weighted by molar-refractivity contribution is 14.0. The molecule has 1 aliphatic carbocycles. The predicted molar refractivity (Wildman–Crippen MR) is 109 cm³/mol. The van der Waals surface area contributed by atoms with Gasteiger partial charge in [0, 0.05) is 32.7 Å². The minimum atomic E-state index is 0. The van der Waals surface area contributed by atoms with Crippen LogP contribution in [0.4, 0.5) is 0 Å². The minimum absolute atomic E-state index is 0. The molecule has 3 aliphatic rings. The van der Waals surface area contributed by atoms with E-state index >= 15 is 0 Å². The first kappa shape index (κ1) is 19.8. The maximum atomic E-state index is 12.2. The Labute approximate surface area is 163 Å². The third-order valence-electron chi connectivity index (χ3n) is 5.81. The minimum Gasteiger partial charge on any atom is -0.357 e. The zero-order chi connectivity index (χ0) is 16.1. The van der Waals surface area contributed by atoms with Crippen LogP contribution in [0.25, 0.3) is 0 Å². The number of guanidine groups is 1. The number of amides is 1. The lowest BCUT2D eigenvalue weighted by Gasteiger charge is -2.33. The van der Waals surface area contributed by atoms with Crippen LogP contribution in [0.2, 0.25) is 0 Å². The van der Waals surface area contributed by atoms with E-state index < -0.39 is 0 Å². The van der Waals surface area contributed by atoms with E-state index in [1.165, 1.54) is 38.5 Å². The highest BCUT2D eigenvalue weighted by atomic mass is 127. The topological polar surface area (TPSA) is 47.9 Å². The Balaban J connectivity index is 0.00000208. The molecule has 3 rings (SSSR count). The predicted octanol–water partition coefficient (Wildman–Crippen LogP) is 2.85.